The topological polar surface area (TPSA) is 52.6 Å². The van der Waals surface area contributed by atoms with Crippen molar-refractivity contribution >= 4 is 34.8 Å². The van der Waals surface area contributed by atoms with Crippen LogP contribution in [0.2, 0.25) is 0 Å². The first kappa shape index (κ1) is 16.0. The normalized spacial score (nSPS) is 42.1. The number of carbonyl (C=O) groups is 2. The molecule has 0 aromatic heterocycles. The van der Waals surface area contributed by atoms with Gasteiger partial charge in [0.05, 0.1) is 10.4 Å². The molecule has 2 saturated heterocycles. The SMILES string of the molecule is CC12CCCCC13OC(C2=O)C1(O3)C(Cl)=C(Cl)C(=O)c2ccccc21. The van der Waals surface area contributed by atoms with Gasteiger partial charge in [0, 0.05) is 17.5 Å². The second-order valence-electron chi connectivity index (χ2n) is 7.49. The van der Waals surface area contributed by atoms with Crippen molar-refractivity contribution in [3.63, 3.8) is 0 Å². The Labute approximate surface area is 155 Å². The van der Waals surface area contributed by atoms with Crippen LogP contribution >= 0.6 is 23.2 Å². The third-order valence-corrected chi connectivity index (χ3v) is 7.28. The van der Waals surface area contributed by atoms with E-state index in [4.69, 9.17) is 32.7 Å². The van der Waals surface area contributed by atoms with Crippen LogP contribution in [0.5, 0.6) is 0 Å². The molecule has 0 amide bonds. The monoisotopic (exact) mass is 378 g/mol. The van der Waals surface area contributed by atoms with Crippen LogP contribution in [-0.4, -0.2) is 23.5 Å². The molecule has 2 aliphatic heterocycles. The second-order valence-corrected chi connectivity index (χ2v) is 8.25. The van der Waals surface area contributed by atoms with Crippen LogP contribution in [-0.2, 0) is 19.9 Å². The summed E-state index contributed by atoms with van der Waals surface area (Å²) in [5.74, 6) is -1.36. The number of rotatable bonds is 0. The fourth-order valence-electron chi connectivity index (χ4n) is 4.96. The van der Waals surface area contributed by atoms with Crippen molar-refractivity contribution in [2.24, 2.45) is 5.41 Å². The minimum Gasteiger partial charge on any atom is -0.334 e. The number of hydrogen-bond acceptors (Lipinski definition) is 4. The van der Waals surface area contributed by atoms with Crippen LogP contribution in [0.15, 0.2) is 34.3 Å². The van der Waals surface area contributed by atoms with Crippen LogP contribution in [0.3, 0.4) is 0 Å². The van der Waals surface area contributed by atoms with E-state index in [-0.39, 0.29) is 21.6 Å². The summed E-state index contributed by atoms with van der Waals surface area (Å²) in [7, 11) is 0. The van der Waals surface area contributed by atoms with Crippen molar-refractivity contribution in [2.45, 2.75) is 50.1 Å². The van der Waals surface area contributed by atoms with Crippen LogP contribution in [0.4, 0.5) is 0 Å². The fraction of sp³-hybridized carbons (Fsp3) is 0.474. The van der Waals surface area contributed by atoms with Crippen molar-refractivity contribution in [3.05, 3.63) is 45.5 Å². The van der Waals surface area contributed by atoms with Gasteiger partial charge in [0.15, 0.2) is 23.3 Å². The summed E-state index contributed by atoms with van der Waals surface area (Å²) in [5, 5.41) is -0.0426. The lowest BCUT2D eigenvalue weighted by atomic mass is 9.64. The third-order valence-electron chi connectivity index (χ3n) is 6.35. The Balaban J connectivity index is 1.78. The molecule has 4 nitrogen and oxygen atoms in total. The summed E-state index contributed by atoms with van der Waals surface area (Å²) < 4.78 is 12.8. The molecule has 1 saturated carbocycles. The Kier molecular flexibility index (Phi) is 3.04. The standard InChI is InChI=1S/C19H16Cl2O4/c1-17-8-4-5-9-18(17)24-16(15(17)23)19(25-18)11-7-3-2-6-10(11)13(22)12(20)14(19)21/h2-3,6-7,16H,4-5,8-9H2,1H3. The van der Waals surface area contributed by atoms with Gasteiger partial charge in [-0.05, 0) is 19.8 Å². The van der Waals surface area contributed by atoms with Gasteiger partial charge in [-0.3, -0.25) is 9.59 Å². The Morgan fingerprint density at radius 1 is 1.12 bits per heavy atom. The Bertz CT molecular complexity index is 878. The minimum absolute atomic E-state index is 0.00906. The Morgan fingerprint density at radius 3 is 2.64 bits per heavy atom. The Hall–Kier alpha value is -1.20. The van der Waals surface area contributed by atoms with E-state index in [1.165, 1.54) is 0 Å². The van der Waals surface area contributed by atoms with Crippen molar-refractivity contribution in [1.29, 1.82) is 0 Å². The molecule has 4 unspecified atom stereocenters. The summed E-state index contributed by atoms with van der Waals surface area (Å²) in [4.78, 5) is 25.9. The predicted molar refractivity (Wildman–Crippen MR) is 91.5 cm³/mol. The van der Waals surface area contributed by atoms with Gasteiger partial charge in [-0.15, -0.1) is 0 Å². The van der Waals surface area contributed by atoms with Gasteiger partial charge in [0.1, 0.15) is 5.03 Å². The van der Waals surface area contributed by atoms with Crippen LogP contribution in [0.25, 0.3) is 0 Å². The van der Waals surface area contributed by atoms with Crippen molar-refractivity contribution in [3.8, 4) is 0 Å². The molecule has 0 N–H and O–H groups in total. The highest BCUT2D eigenvalue weighted by molar-refractivity contribution is 6.51. The maximum atomic E-state index is 13.3. The molecule has 3 fully saturated rings. The number of Topliss-reactive ketones (excluding diaryl/α,β-unsaturated/α-hetero) is 2. The maximum absolute atomic E-state index is 13.3. The number of carbonyl (C=O) groups excluding carboxylic acids is 2. The van der Waals surface area contributed by atoms with Gasteiger partial charge >= 0.3 is 0 Å². The van der Waals surface area contributed by atoms with Crippen molar-refractivity contribution in [1.82, 2.24) is 0 Å². The molecule has 2 heterocycles. The van der Waals surface area contributed by atoms with Crippen LogP contribution in [0.1, 0.15) is 48.5 Å². The molecule has 25 heavy (non-hydrogen) atoms. The lowest BCUT2D eigenvalue weighted by Crippen LogP contribution is -2.59. The molecule has 5 rings (SSSR count). The van der Waals surface area contributed by atoms with E-state index in [0.29, 0.717) is 17.5 Å². The zero-order chi connectivity index (χ0) is 17.6. The summed E-state index contributed by atoms with van der Waals surface area (Å²) in [6.07, 6.45) is 2.36. The molecule has 2 aliphatic carbocycles. The Morgan fingerprint density at radius 2 is 1.84 bits per heavy atom. The average molecular weight is 379 g/mol. The molecular formula is C19H16Cl2O4. The van der Waals surface area contributed by atoms with Crippen LogP contribution < -0.4 is 0 Å². The largest absolute Gasteiger partial charge is 0.334 e. The van der Waals surface area contributed by atoms with E-state index in [1.807, 2.05) is 6.92 Å². The number of fused-ring (bicyclic) bond motifs is 4. The minimum atomic E-state index is -1.32. The number of halogens is 2. The number of benzene rings is 1. The molecule has 0 radical (unpaired) electrons. The van der Waals surface area contributed by atoms with E-state index in [1.54, 1.807) is 24.3 Å². The lowest BCUT2D eigenvalue weighted by Gasteiger charge is -2.49. The summed E-state index contributed by atoms with van der Waals surface area (Å²) in [6, 6.07) is 7.01. The van der Waals surface area contributed by atoms with Crippen molar-refractivity contribution < 1.29 is 19.1 Å². The second kappa shape index (κ2) is 4.74. The van der Waals surface area contributed by atoms with Crippen molar-refractivity contribution in [2.75, 3.05) is 0 Å². The third kappa shape index (κ3) is 1.59. The van der Waals surface area contributed by atoms with Gasteiger partial charge in [0.2, 0.25) is 5.78 Å². The molecule has 4 atom stereocenters. The quantitative estimate of drug-likeness (QED) is 0.683. The predicted octanol–water partition coefficient (Wildman–Crippen LogP) is 4.04. The van der Waals surface area contributed by atoms with E-state index >= 15 is 0 Å². The molecule has 1 aromatic carbocycles. The highest BCUT2D eigenvalue weighted by atomic mass is 35.5. The van der Waals surface area contributed by atoms with Gasteiger partial charge in [0.25, 0.3) is 0 Å². The zero-order valence-electron chi connectivity index (χ0n) is 13.6. The van der Waals surface area contributed by atoms with E-state index in [9.17, 15) is 9.59 Å². The van der Waals surface area contributed by atoms with E-state index in [0.717, 1.165) is 19.3 Å². The number of hydrogen-bond donors (Lipinski definition) is 0. The first-order chi connectivity index (χ1) is 11.9. The molecular weight excluding hydrogens is 363 g/mol. The fourth-order valence-corrected chi connectivity index (χ4v) is 5.53. The number of ether oxygens (including phenoxy) is 2. The van der Waals surface area contributed by atoms with Crippen LogP contribution in [0, 0.1) is 5.41 Å². The molecule has 130 valence electrons. The first-order valence-electron chi connectivity index (χ1n) is 8.50. The summed E-state index contributed by atoms with van der Waals surface area (Å²) >= 11 is 12.8. The van der Waals surface area contributed by atoms with Gasteiger partial charge in [-0.2, -0.15) is 0 Å². The van der Waals surface area contributed by atoms with Gasteiger partial charge in [-0.1, -0.05) is 53.9 Å². The average Bonchev–Trinajstić information content (AvgIpc) is 3.08. The molecule has 4 aliphatic rings. The van der Waals surface area contributed by atoms with Gasteiger partial charge < -0.3 is 9.47 Å². The lowest BCUT2D eigenvalue weighted by molar-refractivity contribution is -0.247. The number of allylic oxidation sites excluding steroid dienone is 1. The molecule has 2 spiro atoms. The zero-order valence-corrected chi connectivity index (χ0v) is 15.1. The summed E-state index contributed by atoms with van der Waals surface area (Å²) in [5.41, 5.74) is -1.02. The smallest absolute Gasteiger partial charge is 0.206 e. The number of ketones is 2. The summed E-state index contributed by atoms with van der Waals surface area (Å²) in [6.45, 7) is 1.92. The molecule has 6 heteroatoms. The maximum Gasteiger partial charge on any atom is 0.206 e. The highest BCUT2D eigenvalue weighted by Gasteiger charge is 2.78. The van der Waals surface area contributed by atoms with E-state index in [2.05, 4.69) is 0 Å². The first-order valence-corrected chi connectivity index (χ1v) is 9.25. The van der Waals surface area contributed by atoms with E-state index < -0.39 is 22.9 Å². The van der Waals surface area contributed by atoms with Gasteiger partial charge in [-0.25, -0.2) is 0 Å². The highest BCUT2D eigenvalue weighted by Crippen LogP contribution is 2.67. The molecule has 2 bridgehead atoms. The molecule has 1 aromatic rings.